The van der Waals surface area contributed by atoms with E-state index in [-0.39, 0.29) is 5.41 Å². The van der Waals surface area contributed by atoms with Crippen molar-refractivity contribution in [2.75, 3.05) is 6.54 Å². The number of carbonyl (C=O) groups is 1. The minimum Gasteiger partial charge on any atom is -0.356 e. The molecule has 0 spiro atoms. The van der Waals surface area contributed by atoms with Gasteiger partial charge in [-0.25, -0.2) is 0 Å². The number of fused-ring (bicyclic) bond motifs is 1. The second-order valence-corrected chi connectivity index (χ2v) is 3.12. The topological polar surface area (TPSA) is 29.1 Å². The molecule has 0 radical (unpaired) electrons. The van der Waals surface area contributed by atoms with Crippen LogP contribution >= 0.6 is 0 Å². The molecule has 0 aromatic heterocycles. The van der Waals surface area contributed by atoms with Gasteiger partial charge in [0.25, 0.3) is 0 Å². The van der Waals surface area contributed by atoms with Gasteiger partial charge >= 0.3 is 0 Å². The van der Waals surface area contributed by atoms with Crippen LogP contribution in [0.15, 0.2) is 0 Å². The summed E-state index contributed by atoms with van der Waals surface area (Å²) in [5, 5.41) is 2.85. The molecule has 2 nitrogen and oxygen atoms in total. The predicted molar refractivity (Wildman–Crippen MR) is 33.8 cm³/mol. The number of amides is 1. The smallest absolute Gasteiger partial charge is 0.226 e. The molecule has 1 N–H and O–H groups in total. The van der Waals surface area contributed by atoms with Crippen LogP contribution in [-0.2, 0) is 4.79 Å². The Bertz CT molecular complexity index is 158. The molecule has 2 rings (SSSR count). The third kappa shape index (κ3) is 0.533. The Morgan fingerprint density at radius 1 is 1.78 bits per heavy atom. The molecule has 2 heteroatoms. The van der Waals surface area contributed by atoms with Crippen LogP contribution in [0, 0.1) is 11.3 Å². The molecular formula is C7H11NO. The zero-order chi connectivity index (χ0) is 6.48. The van der Waals surface area contributed by atoms with E-state index in [0.29, 0.717) is 5.91 Å². The van der Waals surface area contributed by atoms with Gasteiger partial charge in [-0.15, -0.1) is 0 Å². The molecule has 0 saturated heterocycles. The Balaban J connectivity index is 1.91. The molecule has 50 valence electrons. The SMILES string of the molecule is CCNC(=O)C12CC1C2. The molecule has 0 heterocycles. The zero-order valence-corrected chi connectivity index (χ0v) is 5.61. The summed E-state index contributed by atoms with van der Waals surface area (Å²) in [6.07, 6.45) is 2.33. The lowest BCUT2D eigenvalue weighted by Crippen LogP contribution is -2.27. The van der Waals surface area contributed by atoms with Crippen molar-refractivity contribution in [2.24, 2.45) is 11.3 Å². The molecule has 2 aliphatic rings. The van der Waals surface area contributed by atoms with Crippen molar-refractivity contribution in [1.82, 2.24) is 5.32 Å². The van der Waals surface area contributed by atoms with Crippen LogP contribution in [0.1, 0.15) is 19.8 Å². The van der Waals surface area contributed by atoms with Gasteiger partial charge in [-0.3, -0.25) is 4.79 Å². The molecule has 2 aliphatic carbocycles. The summed E-state index contributed by atoms with van der Waals surface area (Å²) >= 11 is 0. The summed E-state index contributed by atoms with van der Waals surface area (Å²) in [5.41, 5.74) is 0.177. The fraction of sp³-hybridized carbons (Fsp3) is 0.857. The molecule has 1 amide bonds. The summed E-state index contributed by atoms with van der Waals surface area (Å²) in [5.74, 6) is 1.08. The quantitative estimate of drug-likeness (QED) is 0.573. The van der Waals surface area contributed by atoms with Crippen LogP contribution in [-0.4, -0.2) is 12.5 Å². The monoisotopic (exact) mass is 125 g/mol. The molecule has 0 unspecified atom stereocenters. The standard InChI is InChI=1S/C7H11NO/c1-2-8-6(9)7-3-5(7)4-7/h5H,2-4H2,1H3,(H,8,9). The van der Waals surface area contributed by atoms with E-state index in [1.54, 1.807) is 0 Å². The lowest BCUT2D eigenvalue weighted by Gasteiger charge is -2.01. The average molecular weight is 125 g/mol. The summed E-state index contributed by atoms with van der Waals surface area (Å²) in [7, 11) is 0. The van der Waals surface area contributed by atoms with Crippen molar-refractivity contribution >= 4 is 5.91 Å². The van der Waals surface area contributed by atoms with E-state index >= 15 is 0 Å². The third-order valence-corrected chi connectivity index (χ3v) is 2.47. The highest BCUT2D eigenvalue weighted by atomic mass is 16.2. The lowest BCUT2D eigenvalue weighted by atomic mass is 10.2. The third-order valence-electron chi connectivity index (χ3n) is 2.47. The van der Waals surface area contributed by atoms with Crippen molar-refractivity contribution in [3.63, 3.8) is 0 Å². The van der Waals surface area contributed by atoms with Crippen LogP contribution in [0.25, 0.3) is 0 Å². The van der Waals surface area contributed by atoms with E-state index in [1.807, 2.05) is 6.92 Å². The van der Waals surface area contributed by atoms with E-state index in [1.165, 1.54) is 12.8 Å². The number of hydrogen-bond donors (Lipinski definition) is 1. The second kappa shape index (κ2) is 1.31. The fourth-order valence-corrected chi connectivity index (χ4v) is 1.41. The number of hydrogen-bond acceptors (Lipinski definition) is 1. The van der Waals surface area contributed by atoms with E-state index in [4.69, 9.17) is 0 Å². The largest absolute Gasteiger partial charge is 0.356 e. The minimum atomic E-state index is 0.177. The van der Waals surface area contributed by atoms with E-state index < -0.39 is 0 Å². The Morgan fingerprint density at radius 3 is 2.67 bits per heavy atom. The average Bonchev–Trinajstić information content (AvgIpc) is 2.46. The summed E-state index contributed by atoms with van der Waals surface area (Å²) in [6, 6.07) is 0. The van der Waals surface area contributed by atoms with E-state index in [9.17, 15) is 4.79 Å². The normalized spacial score (nSPS) is 43.4. The van der Waals surface area contributed by atoms with Gasteiger partial charge in [-0.05, 0) is 25.7 Å². The Kier molecular flexibility index (Phi) is 0.765. The maximum atomic E-state index is 11.1. The molecule has 2 fully saturated rings. The van der Waals surface area contributed by atoms with Gasteiger partial charge in [-0.2, -0.15) is 0 Å². The summed E-state index contributed by atoms with van der Waals surface area (Å²) < 4.78 is 0. The first kappa shape index (κ1) is 5.27. The molecule has 0 aromatic carbocycles. The lowest BCUT2D eigenvalue weighted by molar-refractivity contribution is -0.124. The fourth-order valence-electron chi connectivity index (χ4n) is 1.41. The minimum absolute atomic E-state index is 0.177. The van der Waals surface area contributed by atoms with Gasteiger partial charge < -0.3 is 5.32 Å². The van der Waals surface area contributed by atoms with Crippen LogP contribution in [0.4, 0.5) is 0 Å². The van der Waals surface area contributed by atoms with E-state index in [2.05, 4.69) is 5.32 Å². The molecule has 0 aromatic rings. The highest BCUT2D eigenvalue weighted by molar-refractivity contribution is 5.89. The van der Waals surface area contributed by atoms with Crippen molar-refractivity contribution < 1.29 is 4.79 Å². The van der Waals surface area contributed by atoms with Gasteiger partial charge in [-0.1, -0.05) is 0 Å². The molecule has 0 bridgehead atoms. The van der Waals surface area contributed by atoms with Crippen molar-refractivity contribution in [3.05, 3.63) is 0 Å². The molecular weight excluding hydrogens is 114 g/mol. The Labute approximate surface area is 54.6 Å². The molecule has 0 atom stereocenters. The molecule has 0 aliphatic heterocycles. The second-order valence-electron chi connectivity index (χ2n) is 3.12. The first-order valence-corrected chi connectivity index (χ1v) is 3.58. The van der Waals surface area contributed by atoms with E-state index in [0.717, 1.165) is 12.5 Å². The first-order valence-electron chi connectivity index (χ1n) is 3.58. The maximum Gasteiger partial charge on any atom is 0.226 e. The Hall–Kier alpha value is -0.530. The van der Waals surface area contributed by atoms with Crippen molar-refractivity contribution in [1.29, 1.82) is 0 Å². The zero-order valence-electron chi connectivity index (χ0n) is 5.61. The number of nitrogens with one attached hydrogen (secondary N) is 1. The number of rotatable bonds is 2. The maximum absolute atomic E-state index is 11.1. The van der Waals surface area contributed by atoms with Crippen molar-refractivity contribution in [2.45, 2.75) is 19.8 Å². The Morgan fingerprint density at radius 2 is 2.33 bits per heavy atom. The van der Waals surface area contributed by atoms with Gasteiger partial charge in [0, 0.05) is 6.54 Å². The first-order chi connectivity index (χ1) is 4.29. The van der Waals surface area contributed by atoms with Crippen LogP contribution < -0.4 is 5.32 Å². The highest BCUT2D eigenvalue weighted by Crippen LogP contribution is 2.75. The van der Waals surface area contributed by atoms with Crippen molar-refractivity contribution in [3.8, 4) is 0 Å². The molecule has 2 saturated carbocycles. The van der Waals surface area contributed by atoms with Gasteiger partial charge in [0.1, 0.15) is 0 Å². The van der Waals surface area contributed by atoms with Crippen LogP contribution in [0.5, 0.6) is 0 Å². The predicted octanol–water partition coefficient (Wildman–Crippen LogP) is 0.532. The van der Waals surface area contributed by atoms with Crippen LogP contribution in [0.3, 0.4) is 0 Å². The van der Waals surface area contributed by atoms with Gasteiger partial charge in [0.2, 0.25) is 5.91 Å². The summed E-state index contributed by atoms with van der Waals surface area (Å²) in [6.45, 7) is 2.75. The van der Waals surface area contributed by atoms with Gasteiger partial charge in [0.05, 0.1) is 5.41 Å². The van der Waals surface area contributed by atoms with Crippen LogP contribution in [0.2, 0.25) is 0 Å². The van der Waals surface area contributed by atoms with Gasteiger partial charge in [0.15, 0.2) is 0 Å². The highest BCUT2D eigenvalue weighted by Gasteiger charge is 2.74. The molecule has 9 heavy (non-hydrogen) atoms. The number of carbonyl (C=O) groups excluding carboxylic acids is 1. The summed E-state index contributed by atoms with van der Waals surface area (Å²) in [4.78, 5) is 11.1.